The molecule has 2 aliphatic carbocycles. The Labute approximate surface area is 197 Å². The van der Waals surface area contributed by atoms with Crippen molar-refractivity contribution in [1.29, 1.82) is 0 Å². The second kappa shape index (κ2) is 5.85. The molecule has 0 nitrogen and oxygen atoms in total. The zero-order valence-electron chi connectivity index (χ0n) is 18.7. The first kappa shape index (κ1) is 17.3. The summed E-state index contributed by atoms with van der Waals surface area (Å²) in [7, 11) is 0. The van der Waals surface area contributed by atoms with E-state index in [0.717, 1.165) is 12.8 Å². The normalized spacial score (nSPS) is 13.6. The van der Waals surface area contributed by atoms with Crippen LogP contribution in [0.25, 0.3) is 65.3 Å². The van der Waals surface area contributed by atoms with Crippen LogP contribution >= 0.6 is 0 Å². The van der Waals surface area contributed by atoms with Gasteiger partial charge in [-0.2, -0.15) is 0 Å². The fourth-order valence-corrected chi connectivity index (χ4v) is 7.12. The van der Waals surface area contributed by atoms with E-state index in [1.54, 1.807) is 11.1 Å². The van der Waals surface area contributed by atoms with E-state index in [9.17, 15) is 0 Å². The summed E-state index contributed by atoms with van der Waals surface area (Å²) in [4.78, 5) is 0. The number of hydrogen-bond acceptors (Lipinski definition) is 0. The van der Waals surface area contributed by atoms with Crippen LogP contribution in [-0.4, -0.2) is 0 Å². The van der Waals surface area contributed by atoms with E-state index < -0.39 is 0 Å². The molecule has 2 aliphatic rings. The third-order valence-electron chi connectivity index (χ3n) is 8.47. The van der Waals surface area contributed by atoms with Gasteiger partial charge in [0, 0.05) is 0 Å². The number of fused-ring (bicyclic) bond motifs is 11. The first-order chi connectivity index (χ1) is 16.9. The lowest BCUT2D eigenvalue weighted by Gasteiger charge is -2.15. The summed E-state index contributed by atoms with van der Waals surface area (Å²) >= 11 is 0. The molecule has 0 aliphatic heterocycles. The minimum atomic E-state index is 1.03. The van der Waals surface area contributed by atoms with Crippen molar-refractivity contribution >= 4 is 43.1 Å². The summed E-state index contributed by atoms with van der Waals surface area (Å²) in [5.41, 5.74) is 11.9. The second-order valence-corrected chi connectivity index (χ2v) is 10.0. The molecule has 0 spiro atoms. The second-order valence-electron chi connectivity index (χ2n) is 10.0. The van der Waals surface area contributed by atoms with Crippen LogP contribution in [-0.2, 0) is 12.8 Å². The van der Waals surface area contributed by atoms with Crippen molar-refractivity contribution in [2.24, 2.45) is 0 Å². The van der Waals surface area contributed by atoms with Gasteiger partial charge in [0.25, 0.3) is 0 Å². The standard InChI is InChI=1S/C34H20/c1-2-9-23-21(6-1)16-29-30-18-27-26-15-14-20-8-5-7-19-12-13-22(32(26)31(19)20)17-28(27)34(30)25-11-4-3-10-24(25)33(23)29/h1-15,17H,16,18H2. The Kier molecular flexibility index (Phi) is 2.98. The van der Waals surface area contributed by atoms with Crippen LogP contribution in [0.2, 0.25) is 0 Å². The van der Waals surface area contributed by atoms with Gasteiger partial charge in [-0.3, -0.25) is 0 Å². The summed E-state index contributed by atoms with van der Waals surface area (Å²) < 4.78 is 0. The highest BCUT2D eigenvalue weighted by Gasteiger charge is 2.32. The summed E-state index contributed by atoms with van der Waals surface area (Å²) in [6.07, 6.45) is 2.07. The predicted octanol–water partition coefficient (Wildman–Crippen LogP) is 8.88. The molecule has 156 valence electrons. The number of rotatable bonds is 0. The number of hydrogen-bond donors (Lipinski definition) is 0. The van der Waals surface area contributed by atoms with Crippen LogP contribution < -0.4 is 0 Å². The van der Waals surface area contributed by atoms with Crippen molar-refractivity contribution in [3.05, 3.63) is 119 Å². The maximum atomic E-state index is 2.48. The molecule has 9 rings (SSSR count). The van der Waals surface area contributed by atoms with Gasteiger partial charge in [-0.15, -0.1) is 0 Å². The van der Waals surface area contributed by atoms with Crippen LogP contribution in [0.15, 0.2) is 97.1 Å². The minimum Gasteiger partial charge on any atom is -0.0619 e. The Balaban J connectivity index is 1.46. The molecule has 0 radical (unpaired) electrons. The molecule has 0 heterocycles. The Morgan fingerprint density at radius 2 is 1.09 bits per heavy atom. The van der Waals surface area contributed by atoms with E-state index in [0.29, 0.717) is 0 Å². The highest BCUT2D eigenvalue weighted by atomic mass is 14.3. The van der Waals surface area contributed by atoms with Gasteiger partial charge >= 0.3 is 0 Å². The van der Waals surface area contributed by atoms with Gasteiger partial charge in [0.15, 0.2) is 0 Å². The van der Waals surface area contributed by atoms with Crippen molar-refractivity contribution in [2.75, 3.05) is 0 Å². The fourth-order valence-electron chi connectivity index (χ4n) is 7.12. The molecule has 0 unspecified atom stereocenters. The van der Waals surface area contributed by atoms with Crippen LogP contribution in [0.3, 0.4) is 0 Å². The van der Waals surface area contributed by atoms with Crippen LogP contribution in [0.5, 0.6) is 0 Å². The number of benzene rings is 7. The highest BCUT2D eigenvalue weighted by molar-refractivity contribution is 6.26. The Hall–Kier alpha value is -4.16. The largest absolute Gasteiger partial charge is 0.0619 e. The molecule has 0 bridgehead atoms. The third-order valence-corrected chi connectivity index (χ3v) is 8.47. The van der Waals surface area contributed by atoms with E-state index in [1.165, 1.54) is 76.5 Å². The summed E-state index contributed by atoms with van der Waals surface area (Å²) in [6, 6.07) is 36.6. The lowest BCUT2D eigenvalue weighted by Crippen LogP contribution is -1.93. The molecule has 7 aromatic carbocycles. The van der Waals surface area contributed by atoms with Crippen LogP contribution in [0, 0.1) is 0 Å². The third kappa shape index (κ3) is 1.93. The monoisotopic (exact) mass is 428 g/mol. The zero-order valence-corrected chi connectivity index (χ0v) is 18.7. The van der Waals surface area contributed by atoms with E-state index in [-0.39, 0.29) is 0 Å². The smallest absolute Gasteiger partial charge is 0.000397 e. The average Bonchev–Trinajstić information content (AvgIpc) is 3.46. The van der Waals surface area contributed by atoms with E-state index in [1.807, 2.05) is 0 Å². The highest BCUT2D eigenvalue weighted by Crippen LogP contribution is 2.53. The molecule has 0 N–H and O–H groups in total. The zero-order chi connectivity index (χ0) is 22.0. The lowest BCUT2D eigenvalue weighted by molar-refractivity contribution is 1.17. The minimum absolute atomic E-state index is 1.03. The lowest BCUT2D eigenvalue weighted by atomic mass is 9.88. The Morgan fingerprint density at radius 1 is 0.412 bits per heavy atom. The Morgan fingerprint density at radius 3 is 1.94 bits per heavy atom. The van der Waals surface area contributed by atoms with Gasteiger partial charge in [0.1, 0.15) is 0 Å². The average molecular weight is 429 g/mol. The van der Waals surface area contributed by atoms with Crippen molar-refractivity contribution < 1.29 is 0 Å². The van der Waals surface area contributed by atoms with Crippen molar-refractivity contribution in [2.45, 2.75) is 12.8 Å². The fraction of sp³-hybridized carbons (Fsp3) is 0.0588. The van der Waals surface area contributed by atoms with E-state index in [2.05, 4.69) is 97.1 Å². The van der Waals surface area contributed by atoms with Crippen molar-refractivity contribution in [3.63, 3.8) is 0 Å². The van der Waals surface area contributed by atoms with E-state index >= 15 is 0 Å². The molecular formula is C34H20. The maximum absolute atomic E-state index is 2.48. The van der Waals surface area contributed by atoms with Crippen LogP contribution in [0.1, 0.15) is 22.3 Å². The van der Waals surface area contributed by atoms with Gasteiger partial charge in [-0.1, -0.05) is 91.0 Å². The van der Waals surface area contributed by atoms with Gasteiger partial charge in [0.2, 0.25) is 0 Å². The van der Waals surface area contributed by atoms with E-state index in [4.69, 9.17) is 0 Å². The molecule has 0 fully saturated rings. The molecule has 0 saturated carbocycles. The molecule has 0 amide bonds. The quantitative estimate of drug-likeness (QED) is 0.212. The molecule has 34 heavy (non-hydrogen) atoms. The predicted molar refractivity (Wildman–Crippen MR) is 144 cm³/mol. The van der Waals surface area contributed by atoms with Gasteiger partial charge in [-0.25, -0.2) is 0 Å². The van der Waals surface area contributed by atoms with Gasteiger partial charge < -0.3 is 0 Å². The van der Waals surface area contributed by atoms with Gasteiger partial charge in [-0.05, 0) is 107 Å². The summed E-state index contributed by atoms with van der Waals surface area (Å²) in [5.74, 6) is 0. The summed E-state index contributed by atoms with van der Waals surface area (Å²) in [6.45, 7) is 0. The molecule has 0 saturated heterocycles. The molecule has 7 aromatic rings. The van der Waals surface area contributed by atoms with Gasteiger partial charge in [0.05, 0.1) is 0 Å². The maximum Gasteiger partial charge on any atom is -0.000397 e. The molecular weight excluding hydrogens is 408 g/mol. The summed E-state index contributed by atoms with van der Waals surface area (Å²) in [5, 5.41) is 11.1. The molecule has 0 atom stereocenters. The first-order valence-electron chi connectivity index (χ1n) is 12.2. The Bertz CT molecular complexity index is 1990. The SMILES string of the molecule is c1ccc2c(c1)Cc1c3c(c4ccccc4c1-2)-c1cc2ccc4cccc5ccc(c1C3)c2c45. The van der Waals surface area contributed by atoms with Crippen molar-refractivity contribution in [3.8, 4) is 22.3 Å². The molecule has 0 aromatic heterocycles. The van der Waals surface area contributed by atoms with Crippen molar-refractivity contribution in [1.82, 2.24) is 0 Å². The topological polar surface area (TPSA) is 0 Å². The van der Waals surface area contributed by atoms with Crippen LogP contribution in [0.4, 0.5) is 0 Å². The molecule has 0 heteroatoms. The first-order valence-corrected chi connectivity index (χ1v) is 12.2.